The van der Waals surface area contributed by atoms with Crippen LogP contribution >= 0.6 is 15.9 Å². The number of anilines is 1. The highest BCUT2D eigenvalue weighted by Crippen LogP contribution is 2.25. The van der Waals surface area contributed by atoms with E-state index in [1.807, 2.05) is 0 Å². The van der Waals surface area contributed by atoms with E-state index < -0.39 is 0 Å². The summed E-state index contributed by atoms with van der Waals surface area (Å²) < 4.78 is 13.7. The van der Waals surface area contributed by atoms with Crippen LogP contribution in [0.1, 0.15) is 39.5 Å². The second-order valence-corrected chi connectivity index (χ2v) is 4.90. The Morgan fingerprint density at radius 3 is 2.38 bits per heavy atom. The van der Waals surface area contributed by atoms with Crippen LogP contribution in [0.3, 0.4) is 0 Å². The first kappa shape index (κ1) is 13.5. The van der Waals surface area contributed by atoms with E-state index in [1.165, 1.54) is 12.1 Å². The lowest BCUT2D eigenvalue weighted by Gasteiger charge is -2.19. The molecule has 0 fully saturated rings. The van der Waals surface area contributed by atoms with E-state index in [9.17, 15) is 4.39 Å². The van der Waals surface area contributed by atoms with Gasteiger partial charge in [0.15, 0.2) is 0 Å². The molecule has 1 aromatic rings. The fraction of sp³-hybridized carbons (Fsp3) is 0.538. The van der Waals surface area contributed by atoms with Crippen LogP contribution in [0.15, 0.2) is 22.7 Å². The molecule has 0 unspecified atom stereocenters. The largest absolute Gasteiger partial charge is 0.381 e. The lowest BCUT2D eigenvalue weighted by Crippen LogP contribution is -2.19. The number of halogens is 2. The van der Waals surface area contributed by atoms with Gasteiger partial charge in [-0.2, -0.15) is 0 Å². The molecule has 0 aliphatic carbocycles. The third-order valence-corrected chi connectivity index (χ3v) is 3.22. The summed E-state index contributed by atoms with van der Waals surface area (Å²) in [5, 5.41) is 3.46. The topological polar surface area (TPSA) is 12.0 Å². The second kappa shape index (κ2) is 6.89. The van der Waals surface area contributed by atoms with Gasteiger partial charge in [0.2, 0.25) is 0 Å². The van der Waals surface area contributed by atoms with E-state index >= 15 is 0 Å². The van der Waals surface area contributed by atoms with E-state index in [0.29, 0.717) is 6.04 Å². The maximum Gasteiger partial charge on any atom is 0.124 e. The molecule has 0 spiro atoms. The van der Waals surface area contributed by atoms with Gasteiger partial charge in [0, 0.05) is 16.2 Å². The van der Waals surface area contributed by atoms with E-state index in [2.05, 4.69) is 35.1 Å². The highest BCUT2D eigenvalue weighted by Gasteiger charge is 2.08. The van der Waals surface area contributed by atoms with Gasteiger partial charge in [0.1, 0.15) is 5.82 Å². The molecule has 90 valence electrons. The van der Waals surface area contributed by atoms with Crippen LogP contribution in [0.4, 0.5) is 10.1 Å². The van der Waals surface area contributed by atoms with Crippen LogP contribution in [0.2, 0.25) is 0 Å². The number of hydrogen-bond acceptors (Lipinski definition) is 1. The van der Waals surface area contributed by atoms with Gasteiger partial charge in [-0.3, -0.25) is 0 Å². The molecule has 1 N–H and O–H groups in total. The van der Waals surface area contributed by atoms with Gasteiger partial charge >= 0.3 is 0 Å². The lowest BCUT2D eigenvalue weighted by molar-refractivity contribution is 0.585. The summed E-state index contributed by atoms with van der Waals surface area (Å²) in [4.78, 5) is 0. The van der Waals surface area contributed by atoms with Crippen molar-refractivity contribution >= 4 is 21.6 Å². The fourth-order valence-electron chi connectivity index (χ4n) is 1.81. The standard InChI is InChI=1S/C13H19BrFN/c1-3-5-11(6-4-2)16-13-8-7-10(15)9-12(13)14/h7-9,11,16H,3-6H2,1-2H3. The Kier molecular flexibility index (Phi) is 5.81. The molecule has 16 heavy (non-hydrogen) atoms. The van der Waals surface area contributed by atoms with Crippen molar-refractivity contribution in [1.82, 2.24) is 0 Å². The molecular formula is C13H19BrFN. The molecule has 1 aromatic carbocycles. The monoisotopic (exact) mass is 287 g/mol. The van der Waals surface area contributed by atoms with Crippen LogP contribution < -0.4 is 5.32 Å². The van der Waals surface area contributed by atoms with Crippen molar-refractivity contribution in [2.45, 2.75) is 45.6 Å². The van der Waals surface area contributed by atoms with Crippen molar-refractivity contribution in [3.05, 3.63) is 28.5 Å². The van der Waals surface area contributed by atoms with Gasteiger partial charge in [0.05, 0.1) is 0 Å². The van der Waals surface area contributed by atoms with Crippen molar-refractivity contribution in [2.75, 3.05) is 5.32 Å². The van der Waals surface area contributed by atoms with Crippen LogP contribution in [0.25, 0.3) is 0 Å². The summed E-state index contributed by atoms with van der Waals surface area (Å²) in [5.41, 5.74) is 0.980. The second-order valence-electron chi connectivity index (χ2n) is 4.04. The molecule has 0 bridgehead atoms. The maximum atomic E-state index is 12.9. The first-order chi connectivity index (χ1) is 7.67. The van der Waals surface area contributed by atoms with Crippen molar-refractivity contribution in [3.8, 4) is 0 Å². The van der Waals surface area contributed by atoms with Gasteiger partial charge < -0.3 is 5.32 Å². The molecule has 0 atom stereocenters. The minimum atomic E-state index is -0.208. The summed E-state index contributed by atoms with van der Waals surface area (Å²) in [6.07, 6.45) is 4.63. The van der Waals surface area contributed by atoms with Crippen LogP contribution in [-0.2, 0) is 0 Å². The Bertz CT molecular complexity index is 322. The molecule has 0 saturated carbocycles. The Morgan fingerprint density at radius 2 is 1.88 bits per heavy atom. The zero-order valence-electron chi connectivity index (χ0n) is 9.89. The van der Waals surface area contributed by atoms with Gasteiger partial charge in [-0.05, 0) is 47.0 Å². The fourth-order valence-corrected chi connectivity index (χ4v) is 2.28. The molecular weight excluding hydrogens is 269 g/mol. The van der Waals surface area contributed by atoms with E-state index in [4.69, 9.17) is 0 Å². The van der Waals surface area contributed by atoms with E-state index in [1.54, 1.807) is 6.07 Å². The molecule has 0 saturated heterocycles. The average Bonchev–Trinajstić information content (AvgIpc) is 2.23. The van der Waals surface area contributed by atoms with Gasteiger partial charge in [-0.1, -0.05) is 26.7 Å². The van der Waals surface area contributed by atoms with Crippen molar-refractivity contribution < 1.29 is 4.39 Å². The Labute approximate surface area is 106 Å². The minimum Gasteiger partial charge on any atom is -0.381 e. The van der Waals surface area contributed by atoms with E-state index in [-0.39, 0.29) is 5.82 Å². The summed E-state index contributed by atoms with van der Waals surface area (Å²) in [6, 6.07) is 5.26. The SMILES string of the molecule is CCCC(CCC)Nc1ccc(F)cc1Br. The van der Waals surface area contributed by atoms with Gasteiger partial charge in [-0.15, -0.1) is 0 Å². The lowest BCUT2D eigenvalue weighted by atomic mass is 10.1. The Morgan fingerprint density at radius 1 is 1.25 bits per heavy atom. The molecule has 0 radical (unpaired) electrons. The third kappa shape index (κ3) is 4.12. The van der Waals surface area contributed by atoms with E-state index in [0.717, 1.165) is 35.8 Å². The molecule has 0 heterocycles. The summed E-state index contributed by atoms with van der Waals surface area (Å²) >= 11 is 3.38. The molecule has 1 rings (SSSR count). The Hall–Kier alpha value is -0.570. The van der Waals surface area contributed by atoms with Gasteiger partial charge in [-0.25, -0.2) is 4.39 Å². The molecule has 0 aliphatic heterocycles. The minimum absolute atomic E-state index is 0.208. The highest BCUT2D eigenvalue weighted by atomic mass is 79.9. The predicted molar refractivity (Wildman–Crippen MR) is 71.3 cm³/mol. The quantitative estimate of drug-likeness (QED) is 0.779. The third-order valence-electron chi connectivity index (χ3n) is 2.57. The first-order valence-corrected chi connectivity index (χ1v) is 6.68. The molecule has 0 aromatic heterocycles. The van der Waals surface area contributed by atoms with Gasteiger partial charge in [0.25, 0.3) is 0 Å². The average molecular weight is 288 g/mol. The molecule has 0 amide bonds. The molecule has 1 nitrogen and oxygen atoms in total. The van der Waals surface area contributed by atoms with Crippen LogP contribution in [0, 0.1) is 5.82 Å². The Balaban J connectivity index is 2.68. The normalized spacial score (nSPS) is 10.8. The first-order valence-electron chi connectivity index (χ1n) is 5.89. The zero-order chi connectivity index (χ0) is 12.0. The number of rotatable bonds is 6. The number of benzene rings is 1. The van der Waals surface area contributed by atoms with Crippen molar-refractivity contribution in [3.63, 3.8) is 0 Å². The van der Waals surface area contributed by atoms with Crippen molar-refractivity contribution in [1.29, 1.82) is 0 Å². The van der Waals surface area contributed by atoms with Crippen LogP contribution in [0.5, 0.6) is 0 Å². The summed E-state index contributed by atoms with van der Waals surface area (Å²) in [6.45, 7) is 4.37. The smallest absolute Gasteiger partial charge is 0.124 e. The summed E-state index contributed by atoms with van der Waals surface area (Å²) in [7, 11) is 0. The molecule has 3 heteroatoms. The molecule has 0 aliphatic rings. The van der Waals surface area contributed by atoms with Crippen LogP contribution in [-0.4, -0.2) is 6.04 Å². The number of nitrogens with one attached hydrogen (secondary N) is 1. The maximum absolute atomic E-state index is 12.9. The highest BCUT2D eigenvalue weighted by molar-refractivity contribution is 9.10. The zero-order valence-corrected chi connectivity index (χ0v) is 11.5. The summed E-state index contributed by atoms with van der Waals surface area (Å²) in [5.74, 6) is -0.208. The van der Waals surface area contributed by atoms with Crippen molar-refractivity contribution in [2.24, 2.45) is 0 Å². The number of hydrogen-bond donors (Lipinski definition) is 1. The predicted octanol–water partition coefficient (Wildman–Crippen LogP) is 4.97.